The Bertz CT molecular complexity index is 1440. The van der Waals surface area contributed by atoms with Crippen LogP contribution in [-0.4, -0.2) is 109 Å². The van der Waals surface area contributed by atoms with Crippen molar-refractivity contribution in [1.29, 1.82) is 0 Å². The van der Waals surface area contributed by atoms with Crippen molar-refractivity contribution in [1.82, 2.24) is 15.1 Å². The zero-order chi connectivity index (χ0) is 31.0. The molecule has 1 aromatic carbocycles. The van der Waals surface area contributed by atoms with Gasteiger partial charge in [-0.05, 0) is 38.1 Å². The summed E-state index contributed by atoms with van der Waals surface area (Å²) in [6, 6.07) is 3.97. The van der Waals surface area contributed by atoms with Crippen LogP contribution in [0.2, 0.25) is 0 Å². The lowest BCUT2D eigenvalue weighted by atomic mass is 9.53. The highest BCUT2D eigenvalue weighted by Gasteiger charge is 2.65. The van der Waals surface area contributed by atoms with Crippen LogP contribution in [0.1, 0.15) is 35.4 Å². The molecule has 2 fully saturated rings. The molecular weight excluding hydrogens is 583 g/mol. The van der Waals surface area contributed by atoms with Crippen LogP contribution >= 0.6 is 0 Å². The minimum atomic E-state index is -5.08. The third-order valence-corrected chi connectivity index (χ3v) is 9.02. The van der Waals surface area contributed by atoms with Crippen LogP contribution in [-0.2, 0) is 26.1 Å². The van der Waals surface area contributed by atoms with Gasteiger partial charge in [-0.1, -0.05) is 18.2 Å². The first-order valence-electron chi connectivity index (χ1n) is 13.6. The number of carbonyl (C=O) groups is 1. The molecule has 5 aliphatic rings. The Morgan fingerprint density at radius 2 is 1.86 bits per heavy atom. The lowest BCUT2D eigenvalue weighted by Crippen LogP contribution is -2.66. The summed E-state index contributed by atoms with van der Waals surface area (Å²) in [7, 11) is 2.14. The molecular formula is C27H30F3N3O10. The van der Waals surface area contributed by atoms with Gasteiger partial charge in [0.1, 0.15) is 30.5 Å². The summed E-state index contributed by atoms with van der Waals surface area (Å²) in [6.45, 7) is 2.48. The average molecular weight is 614 g/mol. The fourth-order valence-electron chi connectivity index (χ4n) is 7.08. The number of ether oxygens (including phenoxy) is 3. The molecule has 7 rings (SSSR count). The van der Waals surface area contributed by atoms with Gasteiger partial charge in [0.05, 0.1) is 0 Å². The fraction of sp³-hybridized carbons (Fsp3) is 0.593. The van der Waals surface area contributed by atoms with E-state index in [1.165, 1.54) is 5.56 Å². The summed E-state index contributed by atoms with van der Waals surface area (Å²) >= 11 is 0. The van der Waals surface area contributed by atoms with Crippen LogP contribution in [0, 0.1) is 12.8 Å². The number of carboxylic acid groups (broad SMARTS) is 1. The number of aromatic hydroxyl groups is 1. The maximum absolute atomic E-state index is 10.7. The predicted octanol–water partition coefficient (Wildman–Crippen LogP) is 0.727. The normalized spacial score (nSPS) is 37.6. The Hall–Kier alpha value is -3.28. The van der Waals surface area contributed by atoms with Gasteiger partial charge >= 0.3 is 12.1 Å². The number of hydrogen-bond donors (Lipinski definition) is 5. The standard InChI is InChI=1S/C25H29N3O8.C2HF3O2/c1-10-26-27-23(33-10)21-18(31)17(30)19(32)24(36-21)34-15-6-4-12-13-9-11-3-5-14(29)20-16(11)25(12,22(15)35-20)7-8-28(13)2;3-2(4,5)1(6)7/h3-6,12-13,15,17-19,21-22,24,29-32H,7-9H2,1-2H3;(H,6,7)/t12-,13+,15-,17-,18-,19+,21-,22-,24+,25-;/m0./s1. The van der Waals surface area contributed by atoms with Gasteiger partial charge in [-0.3, -0.25) is 0 Å². The highest BCUT2D eigenvalue weighted by atomic mass is 19.4. The number of piperidine rings is 1. The lowest BCUT2D eigenvalue weighted by Gasteiger charge is -2.57. The Balaban J connectivity index is 0.000000423. The topological polar surface area (TPSA) is 188 Å². The molecule has 16 heteroatoms. The van der Waals surface area contributed by atoms with Crippen molar-refractivity contribution < 1.29 is 62.1 Å². The summed E-state index contributed by atoms with van der Waals surface area (Å²) in [4.78, 5) is 11.3. The largest absolute Gasteiger partial charge is 0.504 e. The summed E-state index contributed by atoms with van der Waals surface area (Å²) < 4.78 is 55.8. The molecule has 2 saturated heterocycles. The van der Waals surface area contributed by atoms with Crippen LogP contribution in [0.4, 0.5) is 13.2 Å². The van der Waals surface area contributed by atoms with E-state index in [-0.39, 0.29) is 28.9 Å². The number of likely N-dealkylation sites (N-methyl/N-ethyl adjacent to an activating group) is 1. The molecule has 2 aromatic rings. The van der Waals surface area contributed by atoms with Gasteiger partial charge < -0.3 is 49.1 Å². The van der Waals surface area contributed by atoms with E-state index in [4.69, 9.17) is 28.5 Å². The highest BCUT2D eigenvalue weighted by molar-refractivity contribution is 5.73. The number of aryl methyl sites for hydroxylation is 1. The molecule has 0 radical (unpaired) electrons. The minimum absolute atomic E-state index is 0.0121. The number of nitrogens with zero attached hydrogens (tertiary/aromatic N) is 3. The molecule has 2 bridgehead atoms. The number of hydrogen-bond acceptors (Lipinski definition) is 12. The minimum Gasteiger partial charge on any atom is -0.504 e. The van der Waals surface area contributed by atoms with Crippen LogP contribution in [0.25, 0.3) is 0 Å². The maximum atomic E-state index is 10.7. The molecule has 0 saturated carbocycles. The zero-order valence-corrected chi connectivity index (χ0v) is 22.9. The van der Waals surface area contributed by atoms with E-state index in [9.17, 15) is 33.6 Å². The van der Waals surface area contributed by atoms with Crippen molar-refractivity contribution in [2.75, 3.05) is 13.6 Å². The van der Waals surface area contributed by atoms with Crippen molar-refractivity contribution >= 4 is 5.97 Å². The summed E-state index contributed by atoms with van der Waals surface area (Å²) in [6.07, 6.45) is -7.44. The van der Waals surface area contributed by atoms with Crippen molar-refractivity contribution in [2.24, 2.45) is 5.92 Å². The van der Waals surface area contributed by atoms with Gasteiger partial charge in [0.25, 0.3) is 0 Å². The number of aromatic nitrogens is 2. The van der Waals surface area contributed by atoms with Gasteiger partial charge in [-0.2, -0.15) is 13.2 Å². The van der Waals surface area contributed by atoms with E-state index in [2.05, 4.69) is 28.2 Å². The lowest BCUT2D eigenvalue weighted by molar-refractivity contribution is -0.316. The Kier molecular flexibility index (Phi) is 7.21. The SMILES string of the molecule is Cc1nnc([C@H]2O[C@@H](O[C@H]3C=C[C@H]4[C@H]5Cc6ccc(O)c7c6[C@@]4(CCN5C)[C@H]3O7)[C@H](O)[C@@H](O)[C@@H]2O)o1.O=C(O)C(F)(F)F. The molecule has 13 nitrogen and oxygen atoms in total. The summed E-state index contributed by atoms with van der Waals surface area (Å²) in [5.74, 6) is -1.71. The smallest absolute Gasteiger partial charge is 0.490 e. The van der Waals surface area contributed by atoms with Crippen LogP contribution in [0.3, 0.4) is 0 Å². The van der Waals surface area contributed by atoms with E-state index < -0.39 is 55.1 Å². The molecule has 10 atom stereocenters. The first-order chi connectivity index (χ1) is 20.2. The molecule has 43 heavy (non-hydrogen) atoms. The van der Waals surface area contributed by atoms with Crippen molar-refractivity contribution in [2.45, 2.75) is 80.3 Å². The molecule has 3 aliphatic heterocycles. The zero-order valence-electron chi connectivity index (χ0n) is 22.9. The van der Waals surface area contributed by atoms with Crippen LogP contribution in [0.15, 0.2) is 28.7 Å². The van der Waals surface area contributed by atoms with Crippen molar-refractivity contribution in [3.63, 3.8) is 0 Å². The average Bonchev–Trinajstić information content (AvgIpc) is 3.54. The van der Waals surface area contributed by atoms with Gasteiger partial charge in [0.15, 0.2) is 23.9 Å². The first-order valence-corrected chi connectivity index (χ1v) is 13.6. The Labute approximate surface area is 242 Å². The molecule has 2 aliphatic carbocycles. The number of aliphatic hydroxyl groups excluding tert-OH is 3. The molecule has 4 heterocycles. The first kappa shape index (κ1) is 29.8. The van der Waals surface area contributed by atoms with E-state index in [0.717, 1.165) is 24.9 Å². The molecule has 1 spiro atoms. The van der Waals surface area contributed by atoms with E-state index in [0.29, 0.717) is 11.8 Å². The molecule has 0 unspecified atom stereocenters. The monoisotopic (exact) mass is 613 g/mol. The molecule has 234 valence electrons. The second-order valence-electron chi connectivity index (χ2n) is 11.4. The number of benzene rings is 1. The number of alkyl halides is 3. The Morgan fingerprint density at radius 1 is 1.14 bits per heavy atom. The van der Waals surface area contributed by atoms with Gasteiger partial charge in [-0.25, -0.2) is 4.79 Å². The maximum Gasteiger partial charge on any atom is 0.490 e. The number of halogens is 3. The van der Waals surface area contributed by atoms with Crippen molar-refractivity contribution in [3.8, 4) is 11.5 Å². The summed E-state index contributed by atoms with van der Waals surface area (Å²) in [5.41, 5.74) is 1.84. The third-order valence-electron chi connectivity index (χ3n) is 9.02. The van der Waals surface area contributed by atoms with Gasteiger partial charge in [0, 0.05) is 29.9 Å². The number of aliphatic hydroxyl groups is 3. The second kappa shape index (κ2) is 10.4. The third kappa shape index (κ3) is 4.67. The number of carboxylic acids is 1. The second-order valence-corrected chi connectivity index (χ2v) is 11.4. The number of rotatable bonds is 3. The number of likely N-dealkylation sites (tertiary alicyclic amines) is 1. The van der Waals surface area contributed by atoms with Gasteiger partial charge in [-0.15, -0.1) is 10.2 Å². The summed E-state index contributed by atoms with van der Waals surface area (Å²) in [5, 5.41) is 57.3. The predicted molar refractivity (Wildman–Crippen MR) is 135 cm³/mol. The number of phenols is 1. The van der Waals surface area contributed by atoms with Crippen LogP contribution < -0.4 is 4.74 Å². The fourth-order valence-corrected chi connectivity index (χ4v) is 7.08. The van der Waals surface area contributed by atoms with Gasteiger partial charge in [0.2, 0.25) is 11.8 Å². The molecule has 0 amide bonds. The number of aliphatic carboxylic acids is 1. The Morgan fingerprint density at radius 3 is 2.51 bits per heavy atom. The molecule has 5 N–H and O–H groups in total. The van der Waals surface area contributed by atoms with Crippen molar-refractivity contribution in [3.05, 3.63) is 47.2 Å². The van der Waals surface area contributed by atoms with E-state index >= 15 is 0 Å². The highest BCUT2D eigenvalue weighted by Crippen LogP contribution is 2.62. The quantitative estimate of drug-likeness (QED) is 0.305. The number of phenolic OH excluding ortho intramolecular Hbond substituents is 1. The van der Waals surface area contributed by atoms with E-state index in [1.807, 2.05) is 12.1 Å². The molecule has 1 aromatic heterocycles. The van der Waals surface area contributed by atoms with E-state index in [1.54, 1.807) is 13.0 Å². The van der Waals surface area contributed by atoms with Crippen LogP contribution in [0.5, 0.6) is 11.5 Å².